The minimum absolute atomic E-state index is 0.00343. The van der Waals surface area contributed by atoms with Crippen LogP contribution in [-0.2, 0) is 68.7 Å². The van der Waals surface area contributed by atoms with E-state index < -0.39 is 182 Å². The van der Waals surface area contributed by atoms with Gasteiger partial charge in [-0.2, -0.15) is 0 Å². The van der Waals surface area contributed by atoms with E-state index in [0.29, 0.717) is 5.56 Å². The molecule has 19 N–H and O–H groups in total. The van der Waals surface area contributed by atoms with Crippen molar-refractivity contribution in [3.05, 3.63) is 35.9 Å². The summed E-state index contributed by atoms with van der Waals surface area (Å²) in [5, 5.41) is 66.2. The zero-order valence-corrected chi connectivity index (χ0v) is 41.5. The van der Waals surface area contributed by atoms with E-state index in [1.54, 1.807) is 58.0 Å². The summed E-state index contributed by atoms with van der Waals surface area (Å²) in [5.41, 5.74) is 16.7. The summed E-state index contributed by atoms with van der Waals surface area (Å²) in [4.78, 5) is 167. The van der Waals surface area contributed by atoms with Crippen LogP contribution in [0.25, 0.3) is 0 Å². The third-order valence-corrected chi connectivity index (χ3v) is 10.6. The van der Waals surface area contributed by atoms with E-state index in [4.69, 9.17) is 17.2 Å². The van der Waals surface area contributed by atoms with Crippen molar-refractivity contribution in [3.63, 3.8) is 0 Å². The van der Waals surface area contributed by atoms with Gasteiger partial charge in [0.15, 0.2) is 0 Å². The number of carbonyl (C=O) groups excluding carboxylic acids is 10. The van der Waals surface area contributed by atoms with E-state index >= 15 is 0 Å². The molecule has 0 fully saturated rings. The average molecular weight is 1050 g/mol. The van der Waals surface area contributed by atoms with Gasteiger partial charge in [0.25, 0.3) is 0 Å². The summed E-state index contributed by atoms with van der Waals surface area (Å²) in [6.07, 6.45) is -6.00. The highest BCUT2D eigenvalue weighted by Crippen LogP contribution is 2.11. The smallest absolute Gasteiger partial charge is 0.326 e. The molecule has 0 radical (unpaired) electrons. The molecule has 0 aliphatic carbocycles. The monoisotopic (exact) mass is 1050 g/mol. The number of benzene rings is 1. The van der Waals surface area contributed by atoms with Crippen LogP contribution in [0.5, 0.6) is 0 Å². The molecule has 10 atom stereocenters. The molecule has 0 saturated carbocycles. The number of aliphatic hydroxyl groups is 2. The third-order valence-electron chi connectivity index (χ3n) is 10.6. The van der Waals surface area contributed by atoms with Crippen molar-refractivity contribution < 1.29 is 87.9 Å². The standard InChI is InChI=1S/C45H69N11O18/c1-20(2)13-25(50-41(69)28(17-34(61)62)53-42(70)29(18-35(63)64)54-44(72)36(48)22(5)58)38(66)56-31(19-57)43(71)52-27(16-33(47)60)40(68)51-26(15-23-9-7-6-8-10-23)39(67)49-24(11-12-32(46)59)37(65)55-30(45(73)74)14-21(3)4/h6-10,20-22,24-31,36,57-58H,11-19,48H2,1-5H3,(H2,46,59)(H2,47,60)(H,49,67)(H,50,69)(H,51,68)(H,52,71)(H,53,70)(H,54,72)(H,55,65)(H,56,66)(H,61,62)(H,63,64)(H,73,74). The molecular formula is C45H69N11O18. The molecule has 0 aliphatic heterocycles. The van der Waals surface area contributed by atoms with E-state index in [1.807, 2.05) is 10.6 Å². The van der Waals surface area contributed by atoms with Gasteiger partial charge in [0.1, 0.15) is 54.4 Å². The van der Waals surface area contributed by atoms with Gasteiger partial charge in [0.05, 0.1) is 32.0 Å². The number of amides is 10. The van der Waals surface area contributed by atoms with Crippen LogP contribution in [-0.4, -0.2) is 170 Å². The van der Waals surface area contributed by atoms with Crippen molar-refractivity contribution in [2.24, 2.45) is 29.0 Å². The first-order chi connectivity index (χ1) is 34.4. The highest BCUT2D eigenvalue weighted by atomic mass is 16.4. The minimum atomic E-state index is -2.03. The molecule has 29 heteroatoms. The van der Waals surface area contributed by atoms with E-state index in [2.05, 4.69) is 31.9 Å². The lowest BCUT2D eigenvalue weighted by Gasteiger charge is -2.28. The number of nitrogens with one attached hydrogen (secondary N) is 8. The van der Waals surface area contributed by atoms with Gasteiger partial charge in [-0.05, 0) is 43.6 Å². The molecule has 29 nitrogen and oxygen atoms in total. The second-order valence-electron chi connectivity index (χ2n) is 18.1. The number of carboxylic acids is 3. The highest BCUT2D eigenvalue weighted by Gasteiger charge is 2.37. The molecule has 0 aliphatic rings. The lowest BCUT2D eigenvalue weighted by atomic mass is 10.0. The molecule has 0 saturated heterocycles. The first kappa shape index (κ1) is 64.2. The number of carboxylic acid groups (broad SMARTS) is 3. The number of hydrogen-bond acceptors (Lipinski definition) is 16. The van der Waals surface area contributed by atoms with Crippen molar-refractivity contribution in [3.8, 4) is 0 Å². The summed E-state index contributed by atoms with van der Waals surface area (Å²) in [6.45, 7) is 6.54. The Hall–Kier alpha value is -7.79. The Balaban J connectivity index is 3.48. The molecule has 1 aromatic carbocycles. The second-order valence-corrected chi connectivity index (χ2v) is 18.1. The average Bonchev–Trinajstić information content (AvgIpc) is 3.29. The minimum Gasteiger partial charge on any atom is -0.481 e. The molecule has 1 aromatic rings. The number of rotatable bonds is 34. The second kappa shape index (κ2) is 31.6. The van der Waals surface area contributed by atoms with Crippen molar-refractivity contribution in [1.82, 2.24) is 42.5 Å². The lowest BCUT2D eigenvalue weighted by molar-refractivity contribution is -0.143. The van der Waals surface area contributed by atoms with Crippen molar-refractivity contribution in [2.45, 2.75) is 146 Å². The topological polar surface area (TPSA) is 497 Å². The van der Waals surface area contributed by atoms with Crippen LogP contribution in [0.3, 0.4) is 0 Å². The van der Waals surface area contributed by atoms with E-state index in [9.17, 15) is 87.9 Å². The zero-order valence-electron chi connectivity index (χ0n) is 41.5. The van der Waals surface area contributed by atoms with Crippen LogP contribution in [0.4, 0.5) is 0 Å². The number of hydrogen-bond donors (Lipinski definition) is 16. The van der Waals surface area contributed by atoms with E-state index in [0.717, 1.165) is 6.92 Å². The normalized spacial score (nSPS) is 15.1. The molecule has 412 valence electrons. The fourth-order valence-corrected chi connectivity index (χ4v) is 6.78. The van der Waals surface area contributed by atoms with Gasteiger partial charge in [-0.3, -0.25) is 57.5 Å². The maximum Gasteiger partial charge on any atom is 0.326 e. The molecule has 74 heavy (non-hydrogen) atoms. The molecule has 0 spiro atoms. The van der Waals surface area contributed by atoms with Gasteiger partial charge >= 0.3 is 17.9 Å². The van der Waals surface area contributed by atoms with Crippen molar-refractivity contribution in [1.29, 1.82) is 0 Å². The predicted octanol–water partition coefficient (Wildman–Crippen LogP) is -5.93. The van der Waals surface area contributed by atoms with Crippen LogP contribution in [0, 0.1) is 11.8 Å². The first-order valence-corrected chi connectivity index (χ1v) is 23.2. The summed E-state index contributed by atoms with van der Waals surface area (Å²) >= 11 is 0. The van der Waals surface area contributed by atoms with Crippen LogP contribution < -0.4 is 59.7 Å². The molecule has 0 heterocycles. The number of carbonyl (C=O) groups is 13. The molecule has 10 amide bonds. The Kier molecular flexibility index (Phi) is 27.4. The first-order valence-electron chi connectivity index (χ1n) is 23.2. The SMILES string of the molecule is CC(C)CC(NC(=O)C(CCC(N)=O)NC(=O)C(Cc1ccccc1)NC(=O)C(CC(N)=O)NC(=O)C(CO)NC(=O)C(CC(C)C)NC(=O)C(CC(=O)O)NC(=O)C(CC(=O)O)NC(=O)C(N)C(C)O)C(=O)O. The number of aliphatic carboxylic acids is 3. The number of nitrogens with two attached hydrogens (primary N) is 3. The van der Waals surface area contributed by atoms with Crippen LogP contribution in [0.2, 0.25) is 0 Å². The van der Waals surface area contributed by atoms with Gasteiger partial charge in [0, 0.05) is 12.8 Å². The molecule has 10 unspecified atom stereocenters. The summed E-state index contributed by atoms with van der Waals surface area (Å²) < 4.78 is 0. The number of primary amides is 2. The van der Waals surface area contributed by atoms with E-state index in [1.165, 1.54) is 0 Å². The Bertz CT molecular complexity index is 2180. The van der Waals surface area contributed by atoms with Gasteiger partial charge < -0.3 is 85.3 Å². The molecule has 1 rings (SSSR count). The Morgan fingerprint density at radius 2 is 0.838 bits per heavy atom. The van der Waals surface area contributed by atoms with Crippen LogP contribution in [0.1, 0.15) is 85.1 Å². The van der Waals surface area contributed by atoms with E-state index in [-0.39, 0.29) is 25.2 Å². The summed E-state index contributed by atoms with van der Waals surface area (Å²) in [5.74, 6) is -17.0. The maximum atomic E-state index is 14.0. The third kappa shape index (κ3) is 24.1. The van der Waals surface area contributed by atoms with Crippen molar-refractivity contribution >= 4 is 77.0 Å². The van der Waals surface area contributed by atoms with Gasteiger partial charge in [-0.25, -0.2) is 4.79 Å². The molecular weight excluding hydrogens is 983 g/mol. The summed E-state index contributed by atoms with van der Waals surface area (Å²) in [7, 11) is 0. The molecule has 0 bridgehead atoms. The predicted molar refractivity (Wildman–Crippen MR) is 256 cm³/mol. The Morgan fingerprint density at radius 1 is 0.473 bits per heavy atom. The zero-order chi connectivity index (χ0) is 56.6. The van der Waals surface area contributed by atoms with Crippen LogP contribution in [0.15, 0.2) is 30.3 Å². The van der Waals surface area contributed by atoms with Gasteiger partial charge in [0.2, 0.25) is 59.1 Å². The fraction of sp³-hybridized carbons (Fsp3) is 0.578. The summed E-state index contributed by atoms with van der Waals surface area (Å²) in [6, 6.07) is -7.75. The number of aliphatic hydroxyl groups excluding tert-OH is 2. The lowest BCUT2D eigenvalue weighted by Crippen LogP contribution is -2.61. The van der Waals surface area contributed by atoms with Crippen molar-refractivity contribution in [2.75, 3.05) is 6.61 Å². The fourth-order valence-electron chi connectivity index (χ4n) is 6.78. The Morgan fingerprint density at radius 3 is 1.27 bits per heavy atom. The largest absolute Gasteiger partial charge is 0.481 e. The maximum absolute atomic E-state index is 14.0. The highest BCUT2D eigenvalue weighted by molar-refractivity contribution is 6.00. The van der Waals surface area contributed by atoms with Gasteiger partial charge in [-0.1, -0.05) is 58.0 Å². The Labute approximate surface area is 424 Å². The molecule has 0 aromatic heterocycles. The van der Waals surface area contributed by atoms with Crippen LogP contribution >= 0.6 is 0 Å². The van der Waals surface area contributed by atoms with Gasteiger partial charge in [-0.15, -0.1) is 0 Å². The quantitative estimate of drug-likeness (QED) is 0.0306.